The van der Waals surface area contributed by atoms with Crippen LogP contribution in [0.4, 0.5) is 0 Å². The highest BCUT2D eigenvalue weighted by molar-refractivity contribution is 5.81. The van der Waals surface area contributed by atoms with Crippen LogP contribution in [0.1, 0.15) is 19.8 Å². The van der Waals surface area contributed by atoms with Crippen LogP contribution in [0.3, 0.4) is 0 Å². The molecule has 1 fully saturated rings. The van der Waals surface area contributed by atoms with E-state index in [1.165, 1.54) is 0 Å². The molecular formula is C9H14O2. The van der Waals surface area contributed by atoms with Crippen LogP contribution in [-0.4, -0.2) is 19.0 Å². The van der Waals surface area contributed by atoms with Crippen molar-refractivity contribution < 1.29 is 9.53 Å². The Balaban J connectivity index is 2.35. The maximum absolute atomic E-state index is 11.2. The molecule has 0 spiro atoms. The Kier molecular flexibility index (Phi) is 3.30. The summed E-state index contributed by atoms with van der Waals surface area (Å²) >= 11 is 0. The van der Waals surface area contributed by atoms with E-state index in [1.807, 2.05) is 19.1 Å². The van der Waals surface area contributed by atoms with E-state index < -0.39 is 0 Å². The van der Waals surface area contributed by atoms with E-state index in [0.717, 1.165) is 6.42 Å². The average Bonchev–Trinajstić information content (AvgIpc) is 2.03. The van der Waals surface area contributed by atoms with Gasteiger partial charge in [0.2, 0.25) is 0 Å². The Morgan fingerprint density at radius 1 is 1.73 bits per heavy atom. The second-order valence-electron chi connectivity index (χ2n) is 2.79. The smallest absolute Gasteiger partial charge is 0.140 e. The summed E-state index contributed by atoms with van der Waals surface area (Å²) < 4.78 is 5.19. The van der Waals surface area contributed by atoms with Gasteiger partial charge in [-0.1, -0.05) is 12.2 Å². The van der Waals surface area contributed by atoms with Gasteiger partial charge in [-0.3, -0.25) is 4.79 Å². The number of carbonyl (C=O) groups excluding carboxylic acids is 1. The zero-order valence-electron chi connectivity index (χ0n) is 6.88. The van der Waals surface area contributed by atoms with Gasteiger partial charge >= 0.3 is 0 Å². The highest BCUT2D eigenvalue weighted by Crippen LogP contribution is 2.13. The van der Waals surface area contributed by atoms with Crippen molar-refractivity contribution in [2.45, 2.75) is 19.8 Å². The van der Waals surface area contributed by atoms with Gasteiger partial charge in [0.25, 0.3) is 0 Å². The molecule has 1 saturated heterocycles. The minimum absolute atomic E-state index is 0.125. The molecular weight excluding hydrogens is 140 g/mol. The normalized spacial score (nSPS) is 26.3. The minimum atomic E-state index is 0.125. The summed E-state index contributed by atoms with van der Waals surface area (Å²) in [4.78, 5) is 11.2. The van der Waals surface area contributed by atoms with Gasteiger partial charge in [0, 0.05) is 12.3 Å². The fourth-order valence-electron chi connectivity index (χ4n) is 1.20. The molecule has 1 atom stereocenters. The third kappa shape index (κ3) is 2.46. The van der Waals surface area contributed by atoms with E-state index in [1.54, 1.807) is 0 Å². The van der Waals surface area contributed by atoms with Gasteiger partial charge in [-0.05, 0) is 13.3 Å². The monoisotopic (exact) mass is 154 g/mol. The molecule has 0 aliphatic carbocycles. The van der Waals surface area contributed by atoms with E-state index >= 15 is 0 Å². The number of rotatable bonds is 2. The lowest BCUT2D eigenvalue weighted by molar-refractivity contribution is -0.130. The highest BCUT2D eigenvalue weighted by Gasteiger charge is 2.20. The Morgan fingerprint density at radius 2 is 2.55 bits per heavy atom. The summed E-state index contributed by atoms with van der Waals surface area (Å²) in [6.45, 7) is 3.20. The Hall–Kier alpha value is -0.630. The van der Waals surface area contributed by atoms with E-state index in [4.69, 9.17) is 4.74 Å². The van der Waals surface area contributed by atoms with Gasteiger partial charge in [0.15, 0.2) is 0 Å². The molecule has 0 radical (unpaired) electrons. The molecule has 1 aliphatic rings. The highest BCUT2D eigenvalue weighted by atomic mass is 16.5. The van der Waals surface area contributed by atoms with Crippen molar-refractivity contribution in [2.75, 3.05) is 13.2 Å². The van der Waals surface area contributed by atoms with Crippen LogP contribution in [0.2, 0.25) is 0 Å². The van der Waals surface area contributed by atoms with Crippen LogP contribution in [0.5, 0.6) is 0 Å². The summed E-state index contributed by atoms with van der Waals surface area (Å²) in [6, 6.07) is 0. The van der Waals surface area contributed by atoms with Gasteiger partial charge in [0.1, 0.15) is 5.78 Å². The molecule has 11 heavy (non-hydrogen) atoms. The molecule has 0 aromatic rings. The molecule has 1 heterocycles. The second kappa shape index (κ2) is 4.29. The lowest BCUT2D eigenvalue weighted by Gasteiger charge is -2.19. The van der Waals surface area contributed by atoms with Gasteiger partial charge in [-0.2, -0.15) is 0 Å². The standard InChI is InChI=1S/C9H14O2/c1-2-3-4-8-7-11-6-5-9(8)10/h2-3,8H,4-7H2,1H3. The SMILES string of the molecule is CC=CCC1COCCC1=O. The fraction of sp³-hybridized carbons (Fsp3) is 0.667. The topological polar surface area (TPSA) is 26.3 Å². The predicted octanol–water partition coefficient (Wildman–Crippen LogP) is 1.56. The first kappa shape index (κ1) is 8.47. The van der Waals surface area contributed by atoms with Crippen LogP contribution in [0.25, 0.3) is 0 Å². The van der Waals surface area contributed by atoms with Crippen molar-refractivity contribution in [3.8, 4) is 0 Å². The van der Waals surface area contributed by atoms with Crippen molar-refractivity contribution in [1.82, 2.24) is 0 Å². The van der Waals surface area contributed by atoms with E-state index in [-0.39, 0.29) is 5.92 Å². The second-order valence-corrected chi connectivity index (χ2v) is 2.79. The maximum atomic E-state index is 11.2. The molecule has 0 bridgehead atoms. The molecule has 1 aliphatic heterocycles. The average molecular weight is 154 g/mol. The van der Waals surface area contributed by atoms with Crippen LogP contribution in [0.15, 0.2) is 12.2 Å². The minimum Gasteiger partial charge on any atom is -0.380 e. The summed E-state index contributed by atoms with van der Waals surface area (Å²) in [5.41, 5.74) is 0. The van der Waals surface area contributed by atoms with Crippen LogP contribution in [0, 0.1) is 5.92 Å². The largest absolute Gasteiger partial charge is 0.380 e. The molecule has 0 aromatic carbocycles. The number of allylic oxidation sites excluding steroid dienone is 2. The zero-order valence-corrected chi connectivity index (χ0v) is 6.88. The molecule has 2 heteroatoms. The fourth-order valence-corrected chi connectivity index (χ4v) is 1.20. The molecule has 0 aromatic heterocycles. The van der Waals surface area contributed by atoms with Crippen molar-refractivity contribution in [1.29, 1.82) is 0 Å². The quantitative estimate of drug-likeness (QED) is 0.564. The third-order valence-corrected chi connectivity index (χ3v) is 1.92. The van der Waals surface area contributed by atoms with Crippen molar-refractivity contribution >= 4 is 5.78 Å². The van der Waals surface area contributed by atoms with Crippen molar-refractivity contribution in [3.05, 3.63) is 12.2 Å². The molecule has 1 unspecified atom stereocenters. The molecule has 0 saturated carbocycles. The van der Waals surface area contributed by atoms with Gasteiger partial charge in [0.05, 0.1) is 13.2 Å². The van der Waals surface area contributed by atoms with Crippen molar-refractivity contribution in [2.24, 2.45) is 5.92 Å². The lowest BCUT2D eigenvalue weighted by Crippen LogP contribution is -2.26. The van der Waals surface area contributed by atoms with E-state index in [0.29, 0.717) is 25.4 Å². The Morgan fingerprint density at radius 3 is 3.18 bits per heavy atom. The van der Waals surface area contributed by atoms with Gasteiger partial charge in [-0.15, -0.1) is 0 Å². The Labute approximate surface area is 67.2 Å². The molecule has 0 N–H and O–H groups in total. The molecule has 0 amide bonds. The predicted molar refractivity (Wildman–Crippen MR) is 43.4 cm³/mol. The number of ketones is 1. The zero-order chi connectivity index (χ0) is 8.10. The molecule has 1 rings (SSSR count). The molecule has 2 nitrogen and oxygen atoms in total. The summed E-state index contributed by atoms with van der Waals surface area (Å²) in [7, 11) is 0. The summed E-state index contributed by atoms with van der Waals surface area (Å²) in [5, 5.41) is 0. The van der Waals surface area contributed by atoms with Crippen molar-refractivity contribution in [3.63, 3.8) is 0 Å². The van der Waals surface area contributed by atoms with Crippen LogP contribution >= 0.6 is 0 Å². The van der Waals surface area contributed by atoms with E-state index in [9.17, 15) is 4.79 Å². The van der Waals surface area contributed by atoms with Gasteiger partial charge < -0.3 is 4.74 Å². The number of Topliss-reactive ketones (excluding diaryl/α,β-unsaturated/α-hetero) is 1. The number of hydrogen-bond acceptors (Lipinski definition) is 2. The third-order valence-electron chi connectivity index (χ3n) is 1.92. The number of hydrogen-bond donors (Lipinski definition) is 0. The Bertz CT molecular complexity index is 161. The maximum Gasteiger partial charge on any atom is 0.140 e. The van der Waals surface area contributed by atoms with Crippen LogP contribution < -0.4 is 0 Å². The first-order chi connectivity index (χ1) is 5.34. The first-order valence-electron chi connectivity index (χ1n) is 4.06. The lowest BCUT2D eigenvalue weighted by atomic mass is 9.97. The molecule has 62 valence electrons. The van der Waals surface area contributed by atoms with Gasteiger partial charge in [-0.25, -0.2) is 0 Å². The number of carbonyl (C=O) groups is 1. The van der Waals surface area contributed by atoms with E-state index in [2.05, 4.69) is 0 Å². The summed E-state index contributed by atoms with van der Waals surface area (Å²) in [6.07, 6.45) is 5.44. The number of ether oxygens (including phenoxy) is 1. The first-order valence-corrected chi connectivity index (χ1v) is 4.06. The van der Waals surface area contributed by atoms with Crippen LogP contribution in [-0.2, 0) is 9.53 Å². The summed E-state index contributed by atoms with van der Waals surface area (Å²) in [5.74, 6) is 0.481.